The number of carbonyl (C=O) groups excluding carboxylic acids is 1. The Morgan fingerprint density at radius 3 is 2.70 bits per heavy atom. The van der Waals surface area contributed by atoms with Gasteiger partial charge >= 0.3 is 6.09 Å². The first-order valence-corrected chi connectivity index (χ1v) is 9.52. The van der Waals surface area contributed by atoms with Gasteiger partial charge in [-0.15, -0.1) is 0 Å². The highest BCUT2D eigenvalue weighted by Gasteiger charge is 2.41. The van der Waals surface area contributed by atoms with Crippen LogP contribution in [0.3, 0.4) is 0 Å². The van der Waals surface area contributed by atoms with Crippen molar-refractivity contribution >= 4 is 6.09 Å². The van der Waals surface area contributed by atoms with Crippen LogP contribution in [0.5, 0.6) is 0 Å². The summed E-state index contributed by atoms with van der Waals surface area (Å²) in [5, 5.41) is 10.8. The van der Waals surface area contributed by atoms with Crippen LogP contribution in [0.15, 0.2) is 54.6 Å². The summed E-state index contributed by atoms with van der Waals surface area (Å²) in [6, 6.07) is 15.1. The summed E-state index contributed by atoms with van der Waals surface area (Å²) < 4.78 is 19.1. The fourth-order valence-corrected chi connectivity index (χ4v) is 3.83. The molecule has 1 aliphatic rings. The number of ether oxygens (including phenoxy) is 1. The monoisotopic (exact) mass is 371 g/mol. The van der Waals surface area contributed by atoms with E-state index in [4.69, 9.17) is 4.74 Å². The second-order valence-electron chi connectivity index (χ2n) is 7.03. The Balaban J connectivity index is 1.75. The molecule has 2 aromatic carbocycles. The molecular formula is C22H26FNO3. The second kappa shape index (κ2) is 9.00. The molecule has 0 bridgehead atoms. The summed E-state index contributed by atoms with van der Waals surface area (Å²) >= 11 is 0. The average Bonchev–Trinajstić information content (AvgIpc) is 3.10. The zero-order chi connectivity index (χ0) is 19.2. The van der Waals surface area contributed by atoms with Crippen LogP contribution in [0.1, 0.15) is 49.8 Å². The normalized spacial score (nSPS) is 20.5. The van der Waals surface area contributed by atoms with Gasteiger partial charge in [0.05, 0.1) is 12.1 Å². The molecule has 27 heavy (non-hydrogen) atoms. The number of benzene rings is 2. The first-order chi connectivity index (χ1) is 13.1. The summed E-state index contributed by atoms with van der Waals surface area (Å²) in [6.07, 6.45) is 1.92. The van der Waals surface area contributed by atoms with Crippen molar-refractivity contribution in [2.45, 2.75) is 57.4 Å². The third-order valence-corrected chi connectivity index (χ3v) is 5.14. The maximum absolute atomic E-state index is 13.6. The molecule has 3 atom stereocenters. The topological polar surface area (TPSA) is 49.8 Å². The molecule has 5 heteroatoms. The average molecular weight is 371 g/mol. The van der Waals surface area contributed by atoms with Crippen LogP contribution >= 0.6 is 0 Å². The Hall–Kier alpha value is -2.40. The molecule has 1 saturated heterocycles. The third kappa shape index (κ3) is 4.66. The molecule has 0 aromatic heterocycles. The fraction of sp³-hybridized carbons (Fsp3) is 0.409. The Kier molecular flexibility index (Phi) is 6.45. The maximum atomic E-state index is 13.6. The molecule has 0 saturated carbocycles. The highest BCUT2D eigenvalue weighted by Crippen LogP contribution is 2.35. The van der Waals surface area contributed by atoms with Crippen LogP contribution < -0.4 is 0 Å². The number of carbonyl (C=O) groups is 1. The smallest absolute Gasteiger partial charge is 0.410 e. The molecule has 2 aromatic rings. The lowest BCUT2D eigenvalue weighted by Gasteiger charge is -2.32. The van der Waals surface area contributed by atoms with E-state index in [0.717, 1.165) is 24.8 Å². The molecule has 1 aliphatic heterocycles. The van der Waals surface area contributed by atoms with Crippen molar-refractivity contribution in [2.24, 2.45) is 0 Å². The van der Waals surface area contributed by atoms with Gasteiger partial charge < -0.3 is 9.84 Å². The van der Waals surface area contributed by atoms with Crippen LogP contribution in [-0.4, -0.2) is 28.2 Å². The Bertz CT molecular complexity index is 752. The van der Waals surface area contributed by atoms with Gasteiger partial charge in [0.25, 0.3) is 0 Å². The number of halogens is 1. The second-order valence-corrected chi connectivity index (χ2v) is 7.03. The van der Waals surface area contributed by atoms with Crippen LogP contribution in [0.4, 0.5) is 9.18 Å². The molecule has 144 valence electrons. The van der Waals surface area contributed by atoms with Crippen LogP contribution in [0, 0.1) is 5.82 Å². The maximum Gasteiger partial charge on any atom is 0.410 e. The summed E-state index contributed by atoms with van der Waals surface area (Å²) in [6.45, 7) is 2.27. The van der Waals surface area contributed by atoms with Crippen LogP contribution in [0.2, 0.25) is 0 Å². The number of hydrogen-bond acceptors (Lipinski definition) is 3. The summed E-state index contributed by atoms with van der Waals surface area (Å²) in [7, 11) is 0. The third-order valence-electron chi connectivity index (χ3n) is 5.14. The van der Waals surface area contributed by atoms with E-state index in [9.17, 15) is 14.3 Å². The summed E-state index contributed by atoms with van der Waals surface area (Å²) in [5.74, 6) is -0.396. The highest BCUT2D eigenvalue weighted by atomic mass is 19.1. The first-order valence-electron chi connectivity index (χ1n) is 9.52. The van der Waals surface area contributed by atoms with Crippen LogP contribution in [-0.2, 0) is 11.3 Å². The Morgan fingerprint density at radius 1 is 1.22 bits per heavy atom. The summed E-state index contributed by atoms with van der Waals surface area (Å²) in [5.41, 5.74) is 1.40. The number of amides is 1. The lowest BCUT2D eigenvalue weighted by molar-refractivity contribution is 0.0332. The van der Waals surface area contributed by atoms with E-state index in [0.29, 0.717) is 12.0 Å². The molecule has 1 fully saturated rings. The van der Waals surface area contributed by atoms with E-state index < -0.39 is 24.1 Å². The zero-order valence-electron chi connectivity index (χ0n) is 15.6. The lowest BCUT2D eigenvalue weighted by Crippen LogP contribution is -2.44. The van der Waals surface area contributed by atoms with Crippen molar-refractivity contribution in [3.05, 3.63) is 71.5 Å². The molecule has 1 N–H and O–H groups in total. The molecule has 3 rings (SSSR count). The van der Waals surface area contributed by atoms with Crippen molar-refractivity contribution in [3.63, 3.8) is 0 Å². The van der Waals surface area contributed by atoms with Gasteiger partial charge in [0, 0.05) is 6.04 Å². The largest absolute Gasteiger partial charge is 0.445 e. The minimum atomic E-state index is -0.938. The number of hydrogen-bond donors (Lipinski definition) is 1. The lowest BCUT2D eigenvalue weighted by atomic mass is 10.0. The van der Waals surface area contributed by atoms with Crippen molar-refractivity contribution < 1.29 is 19.0 Å². The number of aliphatic hydroxyl groups is 1. The van der Waals surface area contributed by atoms with Crippen molar-refractivity contribution in [2.75, 3.05) is 0 Å². The zero-order valence-corrected chi connectivity index (χ0v) is 15.6. The van der Waals surface area contributed by atoms with Gasteiger partial charge in [0.2, 0.25) is 0 Å². The van der Waals surface area contributed by atoms with E-state index in [1.165, 1.54) is 12.1 Å². The minimum Gasteiger partial charge on any atom is -0.445 e. The standard InChI is InChI=1S/C22H26FNO3/c1-2-7-19-12-13-20(21(25)17-10-6-11-18(23)14-17)24(19)22(26)27-15-16-8-4-3-5-9-16/h3-6,8-11,14,19-21,25H,2,7,12-13,15H2,1H3/t19-,20+,21+/m1/s1. The molecular weight excluding hydrogens is 345 g/mol. The van der Waals surface area contributed by atoms with Crippen molar-refractivity contribution in [1.29, 1.82) is 0 Å². The van der Waals surface area contributed by atoms with Crippen LogP contribution in [0.25, 0.3) is 0 Å². The van der Waals surface area contributed by atoms with Gasteiger partial charge in [0.1, 0.15) is 12.4 Å². The number of nitrogens with zero attached hydrogens (tertiary/aromatic N) is 1. The van der Waals surface area contributed by atoms with E-state index in [1.807, 2.05) is 30.3 Å². The number of likely N-dealkylation sites (tertiary alicyclic amines) is 1. The molecule has 0 aliphatic carbocycles. The van der Waals surface area contributed by atoms with E-state index >= 15 is 0 Å². The minimum absolute atomic E-state index is 0.0338. The fourth-order valence-electron chi connectivity index (χ4n) is 3.83. The molecule has 1 amide bonds. The SMILES string of the molecule is CCC[C@@H]1CC[C@@H]([C@@H](O)c2cccc(F)c2)N1C(=O)OCc1ccccc1. The van der Waals surface area contributed by atoms with Gasteiger partial charge in [-0.25, -0.2) is 9.18 Å². The van der Waals surface area contributed by atoms with E-state index in [1.54, 1.807) is 17.0 Å². The number of rotatable bonds is 6. The van der Waals surface area contributed by atoms with Crippen molar-refractivity contribution in [3.8, 4) is 0 Å². The van der Waals surface area contributed by atoms with Gasteiger partial charge in [-0.2, -0.15) is 0 Å². The molecule has 0 radical (unpaired) electrons. The van der Waals surface area contributed by atoms with Crippen molar-refractivity contribution in [1.82, 2.24) is 4.90 Å². The predicted molar refractivity (Wildman–Crippen MR) is 102 cm³/mol. The Morgan fingerprint density at radius 2 is 2.00 bits per heavy atom. The van der Waals surface area contributed by atoms with E-state index in [-0.39, 0.29) is 12.6 Å². The summed E-state index contributed by atoms with van der Waals surface area (Å²) in [4.78, 5) is 14.5. The molecule has 0 spiro atoms. The predicted octanol–water partition coefficient (Wildman–Crippen LogP) is 4.83. The molecule has 1 heterocycles. The van der Waals surface area contributed by atoms with E-state index in [2.05, 4.69) is 6.92 Å². The number of aliphatic hydroxyl groups excluding tert-OH is 1. The van der Waals surface area contributed by atoms with Gasteiger partial charge in [-0.05, 0) is 42.5 Å². The van der Waals surface area contributed by atoms with Gasteiger partial charge in [-0.3, -0.25) is 4.90 Å². The Labute approximate surface area is 159 Å². The molecule has 0 unspecified atom stereocenters. The quantitative estimate of drug-likeness (QED) is 0.791. The van der Waals surface area contributed by atoms with Gasteiger partial charge in [0.15, 0.2) is 0 Å². The first kappa shape index (κ1) is 19.4. The molecule has 4 nitrogen and oxygen atoms in total. The highest BCUT2D eigenvalue weighted by molar-refractivity contribution is 5.69. The van der Waals surface area contributed by atoms with Gasteiger partial charge in [-0.1, -0.05) is 55.8 Å².